The smallest absolute Gasteiger partial charge is 0.176 e. The van der Waals surface area contributed by atoms with Crippen LogP contribution in [0.1, 0.15) is 6.92 Å². The molecule has 0 unspecified atom stereocenters. The standard InChI is InChI=1S/C15H15N3OS/c1-3-16-14-10-6-4-5-7-11(10)17-15(18-14)13-12(19-2)8-9-20-13/h4-9H,3H2,1-2H3,(H,16,17,18). The lowest BCUT2D eigenvalue weighted by Gasteiger charge is -2.09. The average Bonchev–Trinajstić information content (AvgIpc) is 2.96. The number of para-hydroxylation sites is 1. The summed E-state index contributed by atoms with van der Waals surface area (Å²) in [5, 5.41) is 6.32. The van der Waals surface area contributed by atoms with Gasteiger partial charge in [-0.2, -0.15) is 0 Å². The average molecular weight is 285 g/mol. The molecule has 3 rings (SSSR count). The highest BCUT2D eigenvalue weighted by molar-refractivity contribution is 7.13. The highest BCUT2D eigenvalue weighted by Gasteiger charge is 2.13. The minimum absolute atomic E-state index is 0.700. The number of ether oxygens (including phenoxy) is 1. The van der Waals surface area contributed by atoms with Crippen LogP contribution in [0.25, 0.3) is 21.6 Å². The summed E-state index contributed by atoms with van der Waals surface area (Å²) in [6.07, 6.45) is 0. The lowest BCUT2D eigenvalue weighted by Crippen LogP contribution is -2.02. The first-order valence-electron chi connectivity index (χ1n) is 6.46. The van der Waals surface area contributed by atoms with Crippen LogP contribution in [0.4, 0.5) is 5.82 Å². The Morgan fingerprint density at radius 3 is 2.85 bits per heavy atom. The molecule has 2 heterocycles. The van der Waals surface area contributed by atoms with E-state index in [0.29, 0.717) is 5.82 Å². The third-order valence-corrected chi connectivity index (χ3v) is 3.89. The van der Waals surface area contributed by atoms with Crippen LogP contribution in [0, 0.1) is 0 Å². The van der Waals surface area contributed by atoms with Gasteiger partial charge < -0.3 is 10.1 Å². The Morgan fingerprint density at radius 2 is 2.05 bits per heavy atom. The molecule has 2 aromatic heterocycles. The number of nitrogens with one attached hydrogen (secondary N) is 1. The van der Waals surface area contributed by atoms with Crippen molar-refractivity contribution < 1.29 is 4.74 Å². The second-order valence-electron chi connectivity index (χ2n) is 4.26. The fraction of sp³-hybridized carbons (Fsp3) is 0.200. The Kier molecular flexibility index (Phi) is 3.52. The molecule has 1 N–H and O–H groups in total. The van der Waals surface area contributed by atoms with Crippen LogP contribution >= 0.6 is 11.3 Å². The quantitative estimate of drug-likeness (QED) is 0.792. The number of benzene rings is 1. The molecular weight excluding hydrogens is 270 g/mol. The van der Waals surface area contributed by atoms with Crippen molar-refractivity contribution in [2.75, 3.05) is 19.0 Å². The second kappa shape index (κ2) is 5.46. The summed E-state index contributed by atoms with van der Waals surface area (Å²) in [5.41, 5.74) is 0.934. The summed E-state index contributed by atoms with van der Waals surface area (Å²) in [6.45, 7) is 2.88. The van der Waals surface area contributed by atoms with Crippen LogP contribution < -0.4 is 10.1 Å². The maximum Gasteiger partial charge on any atom is 0.176 e. The molecule has 0 saturated heterocycles. The number of hydrogen-bond acceptors (Lipinski definition) is 5. The first-order valence-corrected chi connectivity index (χ1v) is 7.34. The van der Waals surface area contributed by atoms with Crippen molar-refractivity contribution in [3.8, 4) is 16.5 Å². The van der Waals surface area contributed by atoms with Gasteiger partial charge in [-0.3, -0.25) is 0 Å². The van der Waals surface area contributed by atoms with Crippen LogP contribution in [0.5, 0.6) is 5.75 Å². The van der Waals surface area contributed by atoms with Crippen molar-refractivity contribution in [2.45, 2.75) is 6.92 Å². The second-order valence-corrected chi connectivity index (χ2v) is 5.18. The molecule has 0 fully saturated rings. The highest BCUT2D eigenvalue weighted by atomic mass is 32.1. The molecule has 102 valence electrons. The van der Waals surface area contributed by atoms with E-state index in [1.54, 1.807) is 18.4 Å². The molecule has 0 spiro atoms. The molecule has 0 aliphatic heterocycles. The Hall–Kier alpha value is -2.14. The molecule has 5 heteroatoms. The Morgan fingerprint density at radius 1 is 1.20 bits per heavy atom. The fourth-order valence-corrected chi connectivity index (χ4v) is 2.89. The van der Waals surface area contributed by atoms with Crippen LogP contribution in [-0.4, -0.2) is 23.6 Å². The minimum Gasteiger partial charge on any atom is -0.495 e. The predicted molar refractivity (Wildman–Crippen MR) is 83.6 cm³/mol. The van der Waals surface area contributed by atoms with Gasteiger partial charge in [-0.15, -0.1) is 11.3 Å². The number of hydrogen-bond donors (Lipinski definition) is 1. The summed E-state index contributed by atoms with van der Waals surface area (Å²) in [5.74, 6) is 2.38. The van der Waals surface area contributed by atoms with E-state index in [4.69, 9.17) is 4.74 Å². The van der Waals surface area contributed by atoms with Gasteiger partial charge in [0, 0.05) is 11.9 Å². The molecule has 3 aromatic rings. The number of thiophene rings is 1. The van der Waals surface area contributed by atoms with Crippen LogP contribution in [-0.2, 0) is 0 Å². The van der Waals surface area contributed by atoms with Crippen LogP contribution in [0.15, 0.2) is 35.7 Å². The van der Waals surface area contributed by atoms with Crippen molar-refractivity contribution in [1.29, 1.82) is 0 Å². The molecule has 0 saturated carbocycles. The monoisotopic (exact) mass is 285 g/mol. The van der Waals surface area contributed by atoms with Gasteiger partial charge in [0.15, 0.2) is 5.82 Å². The van der Waals surface area contributed by atoms with Crippen LogP contribution in [0.3, 0.4) is 0 Å². The summed E-state index contributed by atoms with van der Waals surface area (Å²) in [7, 11) is 1.66. The zero-order valence-electron chi connectivity index (χ0n) is 11.4. The molecule has 0 aliphatic rings. The minimum atomic E-state index is 0.700. The molecule has 0 atom stereocenters. The van der Waals surface area contributed by atoms with Gasteiger partial charge in [-0.05, 0) is 30.5 Å². The third kappa shape index (κ3) is 2.20. The maximum atomic E-state index is 5.36. The van der Waals surface area contributed by atoms with Gasteiger partial charge in [0.25, 0.3) is 0 Å². The number of anilines is 1. The lowest BCUT2D eigenvalue weighted by molar-refractivity contribution is 0.418. The van der Waals surface area contributed by atoms with E-state index < -0.39 is 0 Å². The van der Waals surface area contributed by atoms with Gasteiger partial charge in [0.05, 0.1) is 12.6 Å². The van der Waals surface area contributed by atoms with Crippen molar-refractivity contribution >= 4 is 28.1 Å². The van der Waals surface area contributed by atoms with E-state index in [-0.39, 0.29) is 0 Å². The number of aromatic nitrogens is 2. The van der Waals surface area contributed by atoms with E-state index in [1.165, 1.54) is 0 Å². The first kappa shape index (κ1) is 12.9. The van der Waals surface area contributed by atoms with Gasteiger partial charge in [-0.1, -0.05) is 12.1 Å². The van der Waals surface area contributed by atoms with Gasteiger partial charge in [-0.25, -0.2) is 9.97 Å². The van der Waals surface area contributed by atoms with Crippen molar-refractivity contribution in [2.24, 2.45) is 0 Å². The van der Waals surface area contributed by atoms with E-state index in [9.17, 15) is 0 Å². The Labute approximate surface area is 121 Å². The summed E-state index contributed by atoms with van der Waals surface area (Å²) in [6, 6.07) is 9.95. The summed E-state index contributed by atoms with van der Waals surface area (Å²) >= 11 is 1.58. The molecule has 1 aromatic carbocycles. The van der Waals surface area contributed by atoms with Crippen molar-refractivity contribution in [1.82, 2.24) is 9.97 Å². The van der Waals surface area contributed by atoms with Gasteiger partial charge in [0.2, 0.25) is 0 Å². The lowest BCUT2D eigenvalue weighted by atomic mass is 10.2. The Balaban J connectivity index is 2.21. The maximum absolute atomic E-state index is 5.36. The topological polar surface area (TPSA) is 47.0 Å². The van der Waals surface area contributed by atoms with E-state index >= 15 is 0 Å². The first-order chi connectivity index (χ1) is 9.83. The van der Waals surface area contributed by atoms with E-state index in [0.717, 1.165) is 33.9 Å². The molecule has 0 amide bonds. The highest BCUT2D eigenvalue weighted by Crippen LogP contribution is 2.35. The predicted octanol–water partition coefficient (Wildman–Crippen LogP) is 3.80. The van der Waals surface area contributed by atoms with Crippen molar-refractivity contribution in [3.63, 3.8) is 0 Å². The zero-order chi connectivity index (χ0) is 13.9. The van der Waals surface area contributed by atoms with E-state index in [1.807, 2.05) is 35.7 Å². The summed E-state index contributed by atoms with van der Waals surface area (Å²) < 4.78 is 5.36. The third-order valence-electron chi connectivity index (χ3n) is 3.00. The molecule has 0 radical (unpaired) electrons. The number of fused-ring (bicyclic) bond motifs is 1. The molecule has 4 nitrogen and oxygen atoms in total. The van der Waals surface area contributed by atoms with Gasteiger partial charge in [0.1, 0.15) is 16.4 Å². The molecule has 0 aliphatic carbocycles. The summed E-state index contributed by atoms with van der Waals surface area (Å²) in [4.78, 5) is 10.3. The fourth-order valence-electron chi connectivity index (χ4n) is 2.10. The molecular formula is C15H15N3OS. The number of methoxy groups -OCH3 is 1. The number of nitrogens with zero attached hydrogens (tertiary/aromatic N) is 2. The Bertz CT molecular complexity index is 739. The largest absolute Gasteiger partial charge is 0.495 e. The van der Waals surface area contributed by atoms with E-state index in [2.05, 4.69) is 22.2 Å². The molecule has 0 bridgehead atoms. The van der Waals surface area contributed by atoms with Crippen LogP contribution in [0.2, 0.25) is 0 Å². The SMILES string of the molecule is CCNc1nc(-c2sccc2OC)nc2ccccc12. The normalized spacial score (nSPS) is 10.7. The van der Waals surface area contributed by atoms with Gasteiger partial charge >= 0.3 is 0 Å². The molecule has 20 heavy (non-hydrogen) atoms. The zero-order valence-corrected chi connectivity index (χ0v) is 12.2. The number of rotatable bonds is 4. The van der Waals surface area contributed by atoms with Crippen molar-refractivity contribution in [3.05, 3.63) is 35.7 Å².